The summed E-state index contributed by atoms with van der Waals surface area (Å²) in [6.07, 6.45) is 1.08. The summed E-state index contributed by atoms with van der Waals surface area (Å²) in [5, 5.41) is 19.0. The lowest BCUT2D eigenvalue weighted by atomic mass is 9.94. The highest BCUT2D eigenvalue weighted by atomic mass is 32.1. The van der Waals surface area contributed by atoms with Crippen molar-refractivity contribution in [3.05, 3.63) is 27.9 Å². The molecule has 3 aromatic rings. The highest BCUT2D eigenvalue weighted by Crippen LogP contribution is 2.41. The fourth-order valence-corrected chi connectivity index (χ4v) is 4.64. The lowest BCUT2D eigenvalue weighted by molar-refractivity contribution is -0.0379. The second kappa shape index (κ2) is 7.09. The monoisotopic (exact) mass is 401 g/mol. The van der Waals surface area contributed by atoms with Crippen molar-refractivity contribution in [2.75, 3.05) is 11.9 Å². The minimum absolute atomic E-state index is 0.213. The van der Waals surface area contributed by atoms with Crippen LogP contribution in [0, 0.1) is 13.8 Å². The zero-order valence-corrected chi connectivity index (χ0v) is 17.9. The summed E-state index contributed by atoms with van der Waals surface area (Å²) in [5.41, 5.74) is 2.96. The topological polar surface area (TPSA) is 85.1 Å². The molecule has 150 valence electrons. The summed E-state index contributed by atoms with van der Waals surface area (Å²) >= 11 is 1.66. The molecule has 0 aliphatic carbocycles. The number of aliphatic hydroxyl groups excluding tert-OH is 1. The Morgan fingerprint density at radius 2 is 2.14 bits per heavy atom. The second-order valence-electron chi connectivity index (χ2n) is 8.06. The molecular formula is C20H27N5O2S. The summed E-state index contributed by atoms with van der Waals surface area (Å²) in [6.45, 7) is 11.2. The number of thiophene rings is 1. The molecule has 0 fully saturated rings. The van der Waals surface area contributed by atoms with Crippen LogP contribution in [0.2, 0.25) is 0 Å². The van der Waals surface area contributed by atoms with Crippen LogP contribution in [0.5, 0.6) is 0 Å². The summed E-state index contributed by atoms with van der Waals surface area (Å²) < 4.78 is 7.77. The number of ether oxygens (including phenoxy) is 1. The molecule has 0 radical (unpaired) electrons. The van der Waals surface area contributed by atoms with Crippen molar-refractivity contribution in [3.8, 4) is 5.95 Å². The van der Waals surface area contributed by atoms with Gasteiger partial charge in [-0.3, -0.25) is 0 Å². The molecule has 0 saturated carbocycles. The molecule has 4 rings (SSSR count). The van der Waals surface area contributed by atoms with Crippen molar-refractivity contribution in [2.24, 2.45) is 0 Å². The van der Waals surface area contributed by atoms with E-state index in [1.54, 1.807) is 16.0 Å². The predicted molar refractivity (Wildman–Crippen MR) is 111 cm³/mol. The van der Waals surface area contributed by atoms with Crippen molar-refractivity contribution in [1.29, 1.82) is 0 Å². The lowest BCUT2D eigenvalue weighted by Crippen LogP contribution is -2.31. The number of rotatable bonds is 5. The Morgan fingerprint density at radius 1 is 1.36 bits per heavy atom. The number of aromatic nitrogens is 4. The average molecular weight is 402 g/mol. The third-order valence-corrected chi connectivity index (χ3v) is 6.19. The number of anilines is 1. The Balaban J connectivity index is 1.87. The number of hydrogen-bond donors (Lipinski definition) is 2. The van der Waals surface area contributed by atoms with Gasteiger partial charge in [-0.2, -0.15) is 15.1 Å². The van der Waals surface area contributed by atoms with Crippen molar-refractivity contribution >= 4 is 27.4 Å². The molecule has 0 aromatic carbocycles. The van der Waals surface area contributed by atoms with Gasteiger partial charge in [-0.1, -0.05) is 6.92 Å². The van der Waals surface area contributed by atoms with E-state index < -0.39 is 6.10 Å². The van der Waals surface area contributed by atoms with Crippen molar-refractivity contribution < 1.29 is 9.84 Å². The first kappa shape index (κ1) is 19.3. The molecule has 8 heteroatoms. The van der Waals surface area contributed by atoms with E-state index in [-0.39, 0.29) is 5.60 Å². The van der Waals surface area contributed by atoms with E-state index in [0.717, 1.165) is 33.8 Å². The molecule has 1 aliphatic heterocycles. The fraction of sp³-hybridized carbons (Fsp3) is 0.550. The summed E-state index contributed by atoms with van der Waals surface area (Å²) in [6, 6.07) is 2.01. The summed E-state index contributed by atoms with van der Waals surface area (Å²) in [7, 11) is 0. The lowest BCUT2D eigenvalue weighted by Gasteiger charge is -2.30. The molecule has 0 saturated heterocycles. The number of nitrogens with one attached hydrogen (secondary N) is 1. The Bertz CT molecular complexity index is 1020. The number of aliphatic hydroxyl groups is 1. The maximum absolute atomic E-state index is 10.1. The third-order valence-electron chi connectivity index (χ3n) is 5.09. The van der Waals surface area contributed by atoms with E-state index in [4.69, 9.17) is 14.7 Å². The van der Waals surface area contributed by atoms with E-state index in [1.165, 1.54) is 10.4 Å². The highest BCUT2D eigenvalue weighted by molar-refractivity contribution is 7.19. The molecule has 2 N–H and O–H groups in total. The molecule has 4 heterocycles. The van der Waals surface area contributed by atoms with E-state index in [1.807, 2.05) is 26.8 Å². The zero-order valence-electron chi connectivity index (χ0n) is 17.0. The molecule has 28 heavy (non-hydrogen) atoms. The molecule has 0 amide bonds. The van der Waals surface area contributed by atoms with Crippen LogP contribution in [0.4, 0.5) is 5.82 Å². The van der Waals surface area contributed by atoms with Crippen molar-refractivity contribution in [1.82, 2.24) is 19.7 Å². The third kappa shape index (κ3) is 3.52. The van der Waals surface area contributed by atoms with E-state index in [9.17, 15) is 5.11 Å². The molecule has 1 aliphatic rings. The second-order valence-corrected chi connectivity index (χ2v) is 9.15. The van der Waals surface area contributed by atoms with Gasteiger partial charge in [-0.15, -0.1) is 11.3 Å². The molecule has 0 unspecified atom stereocenters. The Hall–Kier alpha value is -2.03. The maximum atomic E-state index is 10.1. The number of fused-ring (bicyclic) bond motifs is 3. The van der Waals surface area contributed by atoms with Gasteiger partial charge in [0.1, 0.15) is 10.6 Å². The summed E-state index contributed by atoms with van der Waals surface area (Å²) in [4.78, 5) is 11.8. The summed E-state index contributed by atoms with van der Waals surface area (Å²) in [5.74, 6) is 1.31. The van der Waals surface area contributed by atoms with Crippen LogP contribution in [0.1, 0.15) is 49.0 Å². The minimum atomic E-state index is -0.420. The van der Waals surface area contributed by atoms with Gasteiger partial charge in [0.05, 0.1) is 29.4 Å². The van der Waals surface area contributed by atoms with E-state index in [2.05, 4.69) is 24.3 Å². The van der Waals surface area contributed by atoms with Gasteiger partial charge < -0.3 is 15.2 Å². The minimum Gasteiger partial charge on any atom is -0.391 e. The SMILES string of the molecule is CC[C@H](O)CNc1nc(-n2nc(C)cc2C)nc2sc3c(c12)CC(C)(C)OC3. The highest BCUT2D eigenvalue weighted by Gasteiger charge is 2.31. The average Bonchev–Trinajstić information content (AvgIpc) is 3.17. The maximum Gasteiger partial charge on any atom is 0.254 e. The van der Waals surface area contributed by atoms with Gasteiger partial charge in [-0.25, -0.2) is 4.68 Å². The largest absolute Gasteiger partial charge is 0.391 e. The molecule has 7 nitrogen and oxygen atoms in total. The van der Waals surface area contributed by atoms with Gasteiger partial charge in [0.25, 0.3) is 5.95 Å². The van der Waals surface area contributed by atoms with E-state index >= 15 is 0 Å². The van der Waals surface area contributed by atoms with Crippen LogP contribution in [0.3, 0.4) is 0 Å². The van der Waals surface area contributed by atoms with Gasteiger partial charge in [-0.05, 0) is 45.7 Å². The van der Waals surface area contributed by atoms with Crippen molar-refractivity contribution in [2.45, 2.75) is 65.8 Å². The molecular weight excluding hydrogens is 374 g/mol. The number of aryl methyl sites for hydroxylation is 2. The first-order valence-corrected chi connectivity index (χ1v) is 10.5. The van der Waals surface area contributed by atoms with Gasteiger partial charge >= 0.3 is 0 Å². The van der Waals surface area contributed by atoms with Crippen LogP contribution < -0.4 is 5.32 Å². The van der Waals surface area contributed by atoms with Crippen LogP contribution in [0.15, 0.2) is 6.07 Å². The zero-order chi connectivity index (χ0) is 20.1. The van der Waals surface area contributed by atoms with Gasteiger partial charge in [0.2, 0.25) is 0 Å². The molecule has 3 aromatic heterocycles. The molecule has 0 spiro atoms. The Labute approximate surface area is 168 Å². The Kier molecular flexibility index (Phi) is 4.89. The standard InChI is InChI=1S/C20H27N5O2S/c1-6-13(26)9-21-17-16-14-8-20(4,5)27-10-15(14)28-18(16)23-19(22-17)25-12(3)7-11(2)24-25/h7,13,26H,6,8-10H2,1-5H3,(H,21,22,23)/t13-/m0/s1. The van der Waals surface area contributed by atoms with Gasteiger partial charge in [0, 0.05) is 23.5 Å². The van der Waals surface area contributed by atoms with Crippen molar-refractivity contribution in [3.63, 3.8) is 0 Å². The first-order chi connectivity index (χ1) is 13.3. The first-order valence-electron chi connectivity index (χ1n) is 9.69. The number of hydrogen-bond acceptors (Lipinski definition) is 7. The predicted octanol–water partition coefficient (Wildman–Crippen LogP) is 3.53. The van der Waals surface area contributed by atoms with Crippen LogP contribution in [-0.2, 0) is 17.8 Å². The van der Waals surface area contributed by atoms with Gasteiger partial charge in [0.15, 0.2) is 0 Å². The van der Waals surface area contributed by atoms with Crippen LogP contribution in [0.25, 0.3) is 16.2 Å². The molecule has 0 bridgehead atoms. The fourth-order valence-electron chi connectivity index (χ4n) is 3.55. The van der Waals surface area contributed by atoms with E-state index in [0.29, 0.717) is 25.5 Å². The smallest absolute Gasteiger partial charge is 0.254 e. The Morgan fingerprint density at radius 3 is 2.82 bits per heavy atom. The molecule has 1 atom stereocenters. The van der Waals surface area contributed by atoms with Crippen LogP contribution >= 0.6 is 11.3 Å². The van der Waals surface area contributed by atoms with Crippen LogP contribution in [-0.4, -0.2) is 43.1 Å². The normalized spacial score (nSPS) is 16.9. The quantitative estimate of drug-likeness (QED) is 0.680. The number of nitrogens with zero attached hydrogens (tertiary/aromatic N) is 4.